The third-order valence-electron chi connectivity index (χ3n) is 3.09. The van der Waals surface area contributed by atoms with Gasteiger partial charge in [0.2, 0.25) is 0 Å². The van der Waals surface area contributed by atoms with Crippen LogP contribution in [-0.2, 0) is 0 Å². The van der Waals surface area contributed by atoms with Crippen LogP contribution in [-0.4, -0.2) is 16.5 Å². The molecule has 3 heteroatoms. The van der Waals surface area contributed by atoms with Crippen LogP contribution in [0.4, 0.5) is 5.82 Å². The number of aromatic nitrogens is 2. The lowest BCUT2D eigenvalue weighted by Crippen LogP contribution is -2.03. The molecule has 3 nitrogen and oxygen atoms in total. The summed E-state index contributed by atoms with van der Waals surface area (Å²) in [6, 6.07) is 18.0. The first-order chi connectivity index (χ1) is 10.4. The Balaban J connectivity index is 1.62. The van der Waals surface area contributed by atoms with Crippen molar-refractivity contribution < 1.29 is 0 Å². The molecule has 0 amide bonds. The van der Waals surface area contributed by atoms with Crippen molar-refractivity contribution in [3.63, 3.8) is 0 Å². The minimum atomic E-state index is 0.765. The Morgan fingerprint density at radius 1 is 0.905 bits per heavy atom. The fourth-order valence-corrected chi connectivity index (χ4v) is 2.08. The van der Waals surface area contributed by atoms with Crippen LogP contribution >= 0.6 is 0 Å². The molecule has 102 valence electrons. The molecule has 1 heterocycles. The highest BCUT2D eigenvalue weighted by Crippen LogP contribution is 2.17. The molecular weight excluding hydrogens is 258 g/mol. The van der Waals surface area contributed by atoms with E-state index < -0.39 is 0 Å². The second-order valence-electron chi connectivity index (χ2n) is 4.58. The van der Waals surface area contributed by atoms with Crippen molar-refractivity contribution in [2.45, 2.75) is 6.42 Å². The van der Waals surface area contributed by atoms with E-state index in [0.29, 0.717) is 0 Å². The van der Waals surface area contributed by atoms with E-state index in [2.05, 4.69) is 27.1 Å². The molecule has 3 aromatic rings. The summed E-state index contributed by atoms with van der Waals surface area (Å²) in [4.78, 5) is 8.54. The second-order valence-corrected chi connectivity index (χ2v) is 4.58. The summed E-state index contributed by atoms with van der Waals surface area (Å²) in [6.07, 6.45) is 2.35. The fourth-order valence-electron chi connectivity index (χ4n) is 2.08. The summed E-state index contributed by atoms with van der Waals surface area (Å²) in [6.45, 7) is 0.765. The summed E-state index contributed by atoms with van der Waals surface area (Å²) in [5, 5.41) is 4.36. The van der Waals surface area contributed by atoms with E-state index in [-0.39, 0.29) is 0 Å². The molecule has 2 aromatic carbocycles. The topological polar surface area (TPSA) is 37.8 Å². The quantitative estimate of drug-likeness (QED) is 0.586. The lowest BCUT2D eigenvalue weighted by atomic mass is 10.2. The van der Waals surface area contributed by atoms with Crippen LogP contribution in [0.2, 0.25) is 0 Å². The van der Waals surface area contributed by atoms with Gasteiger partial charge >= 0.3 is 0 Å². The summed E-state index contributed by atoms with van der Waals surface area (Å²) in [5.41, 5.74) is 2.00. The van der Waals surface area contributed by atoms with Crippen molar-refractivity contribution in [2.75, 3.05) is 11.9 Å². The smallest absolute Gasteiger partial charge is 0.137 e. The van der Waals surface area contributed by atoms with Crippen LogP contribution in [0.15, 0.2) is 60.9 Å². The average Bonchev–Trinajstić information content (AvgIpc) is 2.56. The molecule has 0 saturated carbocycles. The molecule has 0 fully saturated rings. The van der Waals surface area contributed by atoms with Gasteiger partial charge in [-0.3, -0.25) is 0 Å². The molecule has 0 atom stereocenters. The Labute approximate surface area is 124 Å². The third-order valence-corrected chi connectivity index (χ3v) is 3.09. The molecule has 21 heavy (non-hydrogen) atoms. The van der Waals surface area contributed by atoms with Crippen LogP contribution in [0.1, 0.15) is 12.0 Å². The number of anilines is 1. The fraction of sp³-hybridized carbons (Fsp3) is 0.111. The van der Waals surface area contributed by atoms with Gasteiger partial charge in [-0.25, -0.2) is 9.97 Å². The maximum atomic E-state index is 4.29. The molecule has 0 radical (unpaired) electrons. The van der Waals surface area contributed by atoms with E-state index in [4.69, 9.17) is 0 Å². The highest BCUT2D eigenvalue weighted by atomic mass is 15.0. The molecule has 0 aliphatic carbocycles. The summed E-state index contributed by atoms with van der Waals surface area (Å²) >= 11 is 0. The molecule has 3 rings (SSSR count). The molecule has 0 saturated heterocycles. The Hall–Kier alpha value is -2.86. The monoisotopic (exact) mass is 273 g/mol. The standard InChI is InChI=1S/C18H15N3/c1-2-8-15(9-3-1)10-6-7-13-19-18-16-11-4-5-12-17(16)20-14-21-18/h1-5,8-9,11-12,14H,7,13H2,(H,19,20,21). The first kappa shape index (κ1) is 13.1. The van der Waals surface area contributed by atoms with Gasteiger partial charge in [0.15, 0.2) is 0 Å². The van der Waals surface area contributed by atoms with Crippen LogP contribution < -0.4 is 5.32 Å². The van der Waals surface area contributed by atoms with E-state index >= 15 is 0 Å². The second kappa shape index (κ2) is 6.53. The van der Waals surface area contributed by atoms with E-state index in [0.717, 1.165) is 35.2 Å². The number of hydrogen-bond donors (Lipinski definition) is 1. The largest absolute Gasteiger partial charge is 0.368 e. The summed E-state index contributed by atoms with van der Waals surface area (Å²) in [5.74, 6) is 7.17. The lowest BCUT2D eigenvalue weighted by Gasteiger charge is -2.05. The summed E-state index contributed by atoms with van der Waals surface area (Å²) < 4.78 is 0. The van der Waals surface area contributed by atoms with E-state index in [1.165, 1.54) is 0 Å². The normalized spacial score (nSPS) is 9.90. The van der Waals surface area contributed by atoms with Crippen molar-refractivity contribution in [2.24, 2.45) is 0 Å². The minimum Gasteiger partial charge on any atom is -0.368 e. The van der Waals surface area contributed by atoms with E-state index in [1.54, 1.807) is 6.33 Å². The Morgan fingerprint density at radius 3 is 2.62 bits per heavy atom. The lowest BCUT2D eigenvalue weighted by molar-refractivity contribution is 1.07. The maximum Gasteiger partial charge on any atom is 0.137 e. The van der Waals surface area contributed by atoms with Crippen molar-refractivity contribution in [3.05, 3.63) is 66.5 Å². The number of benzene rings is 2. The maximum absolute atomic E-state index is 4.29. The SMILES string of the molecule is C(#Cc1ccccc1)CCNc1ncnc2ccccc12. The number of para-hydroxylation sites is 1. The van der Waals surface area contributed by atoms with Crippen LogP contribution in [0.5, 0.6) is 0 Å². The first-order valence-electron chi connectivity index (χ1n) is 6.91. The molecular formula is C18H15N3. The van der Waals surface area contributed by atoms with Gasteiger partial charge in [0.05, 0.1) is 5.52 Å². The van der Waals surface area contributed by atoms with Crippen molar-refractivity contribution in [1.82, 2.24) is 9.97 Å². The molecule has 0 aliphatic rings. The molecule has 1 aromatic heterocycles. The zero-order chi connectivity index (χ0) is 14.3. The van der Waals surface area contributed by atoms with Crippen molar-refractivity contribution >= 4 is 16.7 Å². The predicted molar refractivity (Wildman–Crippen MR) is 86.0 cm³/mol. The first-order valence-corrected chi connectivity index (χ1v) is 6.91. The number of fused-ring (bicyclic) bond motifs is 1. The Morgan fingerprint density at radius 2 is 1.71 bits per heavy atom. The molecule has 0 unspecified atom stereocenters. The van der Waals surface area contributed by atoms with Gasteiger partial charge in [0.1, 0.15) is 12.1 Å². The van der Waals surface area contributed by atoms with Crippen molar-refractivity contribution in [3.8, 4) is 11.8 Å². The van der Waals surface area contributed by atoms with E-state index in [1.807, 2.05) is 54.6 Å². The van der Waals surface area contributed by atoms with Crippen LogP contribution in [0.25, 0.3) is 10.9 Å². The molecule has 1 N–H and O–H groups in total. The van der Waals surface area contributed by atoms with Crippen LogP contribution in [0, 0.1) is 11.8 Å². The van der Waals surface area contributed by atoms with Gasteiger partial charge in [-0.05, 0) is 24.3 Å². The highest BCUT2D eigenvalue weighted by Gasteiger charge is 2.00. The summed E-state index contributed by atoms with van der Waals surface area (Å²) in [7, 11) is 0. The predicted octanol–water partition coefficient (Wildman–Crippen LogP) is 3.48. The molecule has 0 spiro atoms. The highest BCUT2D eigenvalue weighted by molar-refractivity contribution is 5.88. The van der Waals surface area contributed by atoms with Crippen LogP contribution in [0.3, 0.4) is 0 Å². The van der Waals surface area contributed by atoms with Gasteiger partial charge in [0, 0.05) is 23.9 Å². The molecule has 0 aliphatic heterocycles. The van der Waals surface area contributed by atoms with Crippen molar-refractivity contribution in [1.29, 1.82) is 0 Å². The Kier molecular flexibility index (Phi) is 4.09. The average molecular weight is 273 g/mol. The van der Waals surface area contributed by atoms with Gasteiger partial charge in [-0.2, -0.15) is 0 Å². The van der Waals surface area contributed by atoms with E-state index in [9.17, 15) is 0 Å². The molecule has 0 bridgehead atoms. The number of nitrogens with zero attached hydrogens (tertiary/aromatic N) is 2. The number of rotatable bonds is 3. The zero-order valence-electron chi connectivity index (χ0n) is 11.6. The van der Waals surface area contributed by atoms with Gasteiger partial charge in [-0.15, -0.1) is 0 Å². The minimum absolute atomic E-state index is 0.765. The zero-order valence-corrected chi connectivity index (χ0v) is 11.6. The Bertz CT molecular complexity index is 780. The van der Waals surface area contributed by atoms with Gasteiger partial charge < -0.3 is 5.32 Å². The number of hydrogen-bond acceptors (Lipinski definition) is 3. The van der Waals surface area contributed by atoms with Gasteiger partial charge in [0.25, 0.3) is 0 Å². The van der Waals surface area contributed by atoms with Gasteiger partial charge in [-0.1, -0.05) is 42.2 Å². The number of nitrogens with one attached hydrogen (secondary N) is 1. The third kappa shape index (κ3) is 3.37.